The lowest BCUT2D eigenvalue weighted by Gasteiger charge is -2.30. The first-order valence-corrected chi connectivity index (χ1v) is 10.1. The number of hydrogen-bond acceptors (Lipinski definition) is 3. The number of thiazole rings is 1. The van der Waals surface area contributed by atoms with Crippen molar-refractivity contribution in [2.45, 2.75) is 26.7 Å². The lowest BCUT2D eigenvalue weighted by molar-refractivity contribution is 0.446. The summed E-state index contributed by atoms with van der Waals surface area (Å²) >= 11 is 1.61. The maximum atomic E-state index is 6.31. The molecule has 130 valence electrons. The molecule has 2 heterocycles. The number of hydrogen-bond donors (Lipinski definition) is 0. The molecule has 1 aliphatic rings. The summed E-state index contributed by atoms with van der Waals surface area (Å²) in [7, 11) is 6.31. The van der Waals surface area contributed by atoms with Gasteiger partial charge >= 0.3 is 0 Å². The largest absolute Gasteiger partial charge is 0.348 e. The predicted molar refractivity (Wildman–Crippen MR) is 114 cm³/mol. The molecule has 0 N–H and O–H groups in total. The summed E-state index contributed by atoms with van der Waals surface area (Å²) in [6.45, 7) is 6.59. The molecule has 1 fully saturated rings. The first-order chi connectivity index (χ1) is 12.6. The minimum atomic E-state index is 0.728. The van der Waals surface area contributed by atoms with E-state index in [-0.39, 0.29) is 0 Å². The van der Waals surface area contributed by atoms with E-state index in [1.165, 1.54) is 29.5 Å². The highest BCUT2D eigenvalue weighted by molar-refractivity contribution is 7.23. The summed E-state index contributed by atoms with van der Waals surface area (Å²) in [5.74, 6) is 0.728. The van der Waals surface area contributed by atoms with Gasteiger partial charge in [-0.25, -0.2) is 4.98 Å². The van der Waals surface area contributed by atoms with E-state index in [2.05, 4.69) is 67.3 Å². The molecule has 1 saturated heterocycles. The van der Waals surface area contributed by atoms with Crippen molar-refractivity contribution in [1.29, 1.82) is 0 Å². The number of rotatable bonds is 3. The summed E-state index contributed by atoms with van der Waals surface area (Å²) in [6, 6.07) is 17.2. The van der Waals surface area contributed by atoms with E-state index in [0.29, 0.717) is 0 Å². The highest BCUT2D eigenvalue weighted by Gasteiger charge is 2.20. The van der Waals surface area contributed by atoms with Crippen LogP contribution in [0, 0.1) is 12.8 Å². The van der Waals surface area contributed by atoms with E-state index >= 15 is 0 Å². The van der Waals surface area contributed by atoms with Crippen LogP contribution in [0.25, 0.3) is 22.4 Å². The molecule has 0 amide bonds. The molecule has 0 spiro atoms. The monoisotopic (exact) mass is 358 g/mol. The van der Waals surface area contributed by atoms with E-state index in [1.807, 2.05) is 0 Å². The van der Waals surface area contributed by atoms with Gasteiger partial charge in [0, 0.05) is 18.7 Å². The van der Waals surface area contributed by atoms with E-state index in [4.69, 9.17) is 12.8 Å². The zero-order valence-corrected chi connectivity index (χ0v) is 16.2. The Labute approximate surface area is 161 Å². The minimum Gasteiger partial charge on any atom is -0.348 e. The molecule has 1 aliphatic heterocycles. The fourth-order valence-electron chi connectivity index (χ4n) is 3.59. The number of nitrogens with zero attached hydrogens (tertiary/aromatic N) is 2. The van der Waals surface area contributed by atoms with Gasteiger partial charge in [0.25, 0.3) is 0 Å². The maximum Gasteiger partial charge on any atom is 0.185 e. The van der Waals surface area contributed by atoms with Crippen LogP contribution < -0.4 is 9.68 Å². The van der Waals surface area contributed by atoms with Crippen LogP contribution >= 0.6 is 11.3 Å². The first-order valence-electron chi connectivity index (χ1n) is 9.29. The lowest BCUT2D eigenvalue weighted by atomic mass is 9.98. The topological polar surface area (TPSA) is 16.1 Å². The van der Waals surface area contributed by atoms with Crippen LogP contribution in [-0.2, 0) is 0 Å². The van der Waals surface area contributed by atoms with Gasteiger partial charge in [-0.1, -0.05) is 61.0 Å². The number of aromatic nitrogens is 1. The minimum absolute atomic E-state index is 0.728. The molecule has 1 atom stereocenters. The fraction of sp³-hybridized carbons (Fsp3) is 0.318. The smallest absolute Gasteiger partial charge is 0.185 e. The van der Waals surface area contributed by atoms with Crippen molar-refractivity contribution >= 4 is 29.1 Å². The van der Waals surface area contributed by atoms with Gasteiger partial charge in [0.1, 0.15) is 7.85 Å². The third-order valence-electron chi connectivity index (χ3n) is 5.11. The number of piperidine rings is 1. The standard InChI is InChI=1S/C22H23BN2S/c1-15-5-7-17(8-6-15)18-9-11-19(12-10-18)20-21(23)26-22(24-20)25-13-3-4-16(2)14-25/h5-12,16H,3-4,13-14H2,1-2H3. The Balaban J connectivity index is 1.58. The van der Waals surface area contributed by atoms with Crippen molar-refractivity contribution < 1.29 is 0 Å². The van der Waals surface area contributed by atoms with Crippen LogP contribution in [0.5, 0.6) is 0 Å². The van der Waals surface area contributed by atoms with Gasteiger partial charge < -0.3 is 4.90 Å². The second-order valence-electron chi connectivity index (χ2n) is 7.35. The average Bonchev–Trinajstić information content (AvgIpc) is 3.04. The Morgan fingerprint density at radius 2 is 1.62 bits per heavy atom. The van der Waals surface area contributed by atoms with Gasteiger partial charge in [0.2, 0.25) is 0 Å². The molecule has 3 aromatic rings. The number of anilines is 1. The summed E-state index contributed by atoms with van der Waals surface area (Å²) in [6.07, 6.45) is 2.55. The van der Waals surface area contributed by atoms with E-state index < -0.39 is 0 Å². The third-order valence-corrected chi connectivity index (χ3v) is 6.06. The van der Waals surface area contributed by atoms with Gasteiger partial charge in [-0.2, -0.15) is 0 Å². The molecule has 2 aromatic carbocycles. The Hall–Kier alpha value is -2.07. The SMILES string of the molecule is [B]c1sc(N2CCCC(C)C2)nc1-c1ccc(-c2ccc(C)cc2)cc1. The summed E-state index contributed by atoms with van der Waals surface area (Å²) in [5, 5.41) is 1.06. The van der Waals surface area contributed by atoms with E-state index in [9.17, 15) is 0 Å². The molecule has 2 nitrogen and oxygen atoms in total. The Morgan fingerprint density at radius 3 is 2.27 bits per heavy atom. The second-order valence-corrected chi connectivity index (χ2v) is 8.36. The Kier molecular flexibility index (Phi) is 4.86. The van der Waals surface area contributed by atoms with Crippen LogP contribution in [0.15, 0.2) is 48.5 Å². The summed E-state index contributed by atoms with van der Waals surface area (Å²) < 4.78 is 0.807. The van der Waals surface area contributed by atoms with Crippen molar-refractivity contribution in [1.82, 2.24) is 4.98 Å². The van der Waals surface area contributed by atoms with Gasteiger partial charge in [-0.05, 0) is 41.6 Å². The Bertz CT molecular complexity index is 884. The van der Waals surface area contributed by atoms with Gasteiger partial charge in [0.15, 0.2) is 5.13 Å². The fourth-order valence-corrected chi connectivity index (χ4v) is 4.48. The molecule has 26 heavy (non-hydrogen) atoms. The molecular formula is C22H23BN2S. The maximum absolute atomic E-state index is 6.31. The molecule has 0 saturated carbocycles. The van der Waals surface area contributed by atoms with Crippen molar-refractivity contribution in [3.63, 3.8) is 0 Å². The zero-order chi connectivity index (χ0) is 18.1. The predicted octanol–water partition coefficient (Wildman–Crippen LogP) is 4.82. The normalized spacial score (nSPS) is 17.5. The quantitative estimate of drug-likeness (QED) is 0.625. The molecular weight excluding hydrogens is 335 g/mol. The highest BCUT2D eigenvalue weighted by atomic mass is 32.1. The second kappa shape index (κ2) is 7.28. The molecule has 0 aliphatic carbocycles. The van der Waals surface area contributed by atoms with Crippen molar-refractivity contribution in [2.24, 2.45) is 5.92 Å². The van der Waals surface area contributed by atoms with Gasteiger partial charge in [-0.3, -0.25) is 0 Å². The summed E-state index contributed by atoms with van der Waals surface area (Å²) in [4.78, 5) is 7.26. The van der Waals surface area contributed by atoms with Gasteiger partial charge in [0.05, 0.1) is 5.69 Å². The highest BCUT2D eigenvalue weighted by Crippen LogP contribution is 2.29. The molecule has 4 heteroatoms. The average molecular weight is 358 g/mol. The third kappa shape index (κ3) is 3.56. The van der Waals surface area contributed by atoms with Crippen molar-refractivity contribution in [3.05, 3.63) is 54.1 Å². The van der Waals surface area contributed by atoms with Crippen LogP contribution in [0.2, 0.25) is 0 Å². The number of benzene rings is 2. The molecule has 0 bridgehead atoms. The van der Waals surface area contributed by atoms with Crippen LogP contribution in [0.1, 0.15) is 25.3 Å². The summed E-state index contributed by atoms with van der Waals surface area (Å²) in [5.41, 5.74) is 5.73. The molecule has 4 rings (SSSR count). The van der Waals surface area contributed by atoms with Crippen LogP contribution in [0.3, 0.4) is 0 Å². The molecule has 2 radical (unpaired) electrons. The van der Waals surface area contributed by atoms with Crippen molar-refractivity contribution in [3.8, 4) is 22.4 Å². The first kappa shape index (κ1) is 17.4. The van der Waals surface area contributed by atoms with Crippen LogP contribution in [0.4, 0.5) is 5.13 Å². The van der Waals surface area contributed by atoms with Gasteiger partial charge in [-0.15, -0.1) is 11.3 Å². The molecule has 1 aromatic heterocycles. The lowest BCUT2D eigenvalue weighted by Crippen LogP contribution is -2.34. The number of aryl methyl sites for hydroxylation is 1. The zero-order valence-electron chi connectivity index (χ0n) is 15.4. The van der Waals surface area contributed by atoms with E-state index in [0.717, 1.165) is 40.2 Å². The van der Waals surface area contributed by atoms with E-state index in [1.54, 1.807) is 11.3 Å². The Morgan fingerprint density at radius 1 is 1.00 bits per heavy atom. The molecule has 1 unspecified atom stereocenters. The van der Waals surface area contributed by atoms with Crippen LogP contribution in [-0.4, -0.2) is 25.9 Å². The van der Waals surface area contributed by atoms with Crippen molar-refractivity contribution in [2.75, 3.05) is 18.0 Å².